The standard InChI is InChI=1S/C16H25NOS/c1-5-9-17-16-13-10-12(11(3)4)7-8-15(13)19(18)14(16)6-2/h7-8,10-11,14,16-17H,5-6,9H2,1-4H3. The first-order valence-corrected chi connectivity index (χ1v) is 8.59. The minimum absolute atomic E-state index is 0.226. The van der Waals surface area contributed by atoms with Crippen LogP contribution in [0.3, 0.4) is 0 Å². The predicted octanol–water partition coefficient (Wildman–Crippen LogP) is 3.75. The van der Waals surface area contributed by atoms with Crippen molar-refractivity contribution in [2.75, 3.05) is 6.54 Å². The molecule has 106 valence electrons. The van der Waals surface area contributed by atoms with Gasteiger partial charge in [-0.2, -0.15) is 0 Å². The van der Waals surface area contributed by atoms with Crippen molar-refractivity contribution in [2.24, 2.45) is 0 Å². The monoisotopic (exact) mass is 279 g/mol. The Morgan fingerprint density at radius 2 is 2.05 bits per heavy atom. The van der Waals surface area contributed by atoms with E-state index in [-0.39, 0.29) is 11.3 Å². The van der Waals surface area contributed by atoms with Crippen molar-refractivity contribution in [2.45, 2.75) is 62.6 Å². The minimum atomic E-state index is -0.853. The second-order valence-electron chi connectivity index (χ2n) is 5.63. The van der Waals surface area contributed by atoms with Gasteiger partial charge in [0.15, 0.2) is 0 Å². The zero-order valence-electron chi connectivity index (χ0n) is 12.4. The maximum Gasteiger partial charge on any atom is 0.0587 e. The van der Waals surface area contributed by atoms with Gasteiger partial charge < -0.3 is 5.32 Å². The van der Waals surface area contributed by atoms with E-state index < -0.39 is 10.8 Å². The van der Waals surface area contributed by atoms with Crippen molar-refractivity contribution in [3.8, 4) is 0 Å². The molecule has 0 aromatic heterocycles. The summed E-state index contributed by atoms with van der Waals surface area (Å²) < 4.78 is 12.6. The maximum absolute atomic E-state index is 12.6. The zero-order valence-corrected chi connectivity index (χ0v) is 13.2. The summed E-state index contributed by atoms with van der Waals surface area (Å²) in [6.07, 6.45) is 2.07. The highest BCUT2D eigenvalue weighted by Gasteiger charge is 2.37. The van der Waals surface area contributed by atoms with Crippen molar-refractivity contribution in [1.29, 1.82) is 0 Å². The fourth-order valence-corrected chi connectivity index (χ4v) is 4.51. The van der Waals surface area contributed by atoms with E-state index in [2.05, 4.69) is 51.2 Å². The molecule has 1 aromatic carbocycles. The lowest BCUT2D eigenvalue weighted by molar-refractivity contribution is 0.504. The van der Waals surface area contributed by atoms with Gasteiger partial charge in [-0.05, 0) is 42.5 Å². The normalized spacial score (nSPS) is 25.8. The largest absolute Gasteiger partial charge is 0.309 e. The number of nitrogens with one attached hydrogen (secondary N) is 1. The third-order valence-electron chi connectivity index (χ3n) is 3.92. The molecule has 2 nitrogen and oxygen atoms in total. The molecule has 0 aliphatic carbocycles. The lowest BCUT2D eigenvalue weighted by atomic mass is 9.96. The molecule has 0 saturated heterocycles. The van der Waals surface area contributed by atoms with Crippen molar-refractivity contribution >= 4 is 10.8 Å². The second kappa shape index (κ2) is 6.19. The Bertz CT molecular complexity index is 470. The Balaban J connectivity index is 2.39. The Morgan fingerprint density at radius 3 is 2.63 bits per heavy atom. The number of fused-ring (bicyclic) bond motifs is 1. The topological polar surface area (TPSA) is 29.1 Å². The molecule has 0 bridgehead atoms. The van der Waals surface area contributed by atoms with Crippen LogP contribution in [0.25, 0.3) is 0 Å². The quantitative estimate of drug-likeness (QED) is 0.889. The predicted molar refractivity (Wildman–Crippen MR) is 82.1 cm³/mol. The summed E-state index contributed by atoms with van der Waals surface area (Å²) in [6.45, 7) is 9.71. The first-order chi connectivity index (χ1) is 9.10. The van der Waals surface area contributed by atoms with Gasteiger partial charge in [0, 0.05) is 10.9 Å². The van der Waals surface area contributed by atoms with Crippen LogP contribution in [0.5, 0.6) is 0 Å². The van der Waals surface area contributed by atoms with Crippen molar-refractivity contribution in [1.82, 2.24) is 5.32 Å². The molecule has 1 N–H and O–H groups in total. The molecular weight excluding hydrogens is 254 g/mol. The van der Waals surface area contributed by atoms with Crippen LogP contribution in [-0.4, -0.2) is 16.0 Å². The lowest BCUT2D eigenvalue weighted by Gasteiger charge is -2.19. The van der Waals surface area contributed by atoms with Crippen LogP contribution in [0.1, 0.15) is 63.6 Å². The molecule has 0 fully saturated rings. The van der Waals surface area contributed by atoms with Crippen LogP contribution >= 0.6 is 0 Å². The van der Waals surface area contributed by atoms with E-state index in [4.69, 9.17) is 0 Å². The summed E-state index contributed by atoms with van der Waals surface area (Å²) in [6, 6.07) is 6.74. The highest BCUT2D eigenvalue weighted by Crippen LogP contribution is 2.39. The van der Waals surface area contributed by atoms with Gasteiger partial charge in [-0.1, -0.05) is 39.8 Å². The van der Waals surface area contributed by atoms with E-state index in [0.717, 1.165) is 24.3 Å². The lowest BCUT2D eigenvalue weighted by Crippen LogP contribution is -2.30. The molecule has 1 heterocycles. The van der Waals surface area contributed by atoms with Gasteiger partial charge in [0.2, 0.25) is 0 Å². The molecule has 0 radical (unpaired) electrons. The first-order valence-electron chi connectivity index (χ1n) is 7.37. The van der Waals surface area contributed by atoms with Gasteiger partial charge in [-0.15, -0.1) is 0 Å². The Labute approximate surface area is 119 Å². The summed E-state index contributed by atoms with van der Waals surface area (Å²) in [5, 5.41) is 3.82. The number of hydrogen-bond acceptors (Lipinski definition) is 2. The fraction of sp³-hybridized carbons (Fsp3) is 0.625. The van der Waals surface area contributed by atoms with Crippen LogP contribution < -0.4 is 5.32 Å². The van der Waals surface area contributed by atoms with Crippen LogP contribution in [0.4, 0.5) is 0 Å². The van der Waals surface area contributed by atoms with E-state index in [1.165, 1.54) is 11.1 Å². The smallest absolute Gasteiger partial charge is 0.0587 e. The second-order valence-corrected chi connectivity index (χ2v) is 7.27. The summed E-state index contributed by atoms with van der Waals surface area (Å²) in [5.74, 6) is 0.520. The van der Waals surface area contributed by atoms with E-state index in [0.29, 0.717) is 5.92 Å². The van der Waals surface area contributed by atoms with Gasteiger partial charge in [-0.3, -0.25) is 4.21 Å². The molecule has 3 atom stereocenters. The summed E-state index contributed by atoms with van der Waals surface area (Å²) in [4.78, 5) is 1.05. The number of rotatable bonds is 5. The molecule has 1 aliphatic rings. The van der Waals surface area contributed by atoms with Gasteiger partial charge in [-0.25, -0.2) is 0 Å². The minimum Gasteiger partial charge on any atom is -0.309 e. The Kier molecular flexibility index (Phi) is 4.80. The average molecular weight is 279 g/mol. The SMILES string of the molecule is CCCNC1c2cc(C(C)C)ccc2S(=O)C1CC. The average Bonchev–Trinajstić information content (AvgIpc) is 2.68. The summed E-state index contributed by atoms with van der Waals surface area (Å²) in [7, 11) is -0.853. The molecule has 0 saturated carbocycles. The third-order valence-corrected chi connectivity index (χ3v) is 5.88. The molecular formula is C16H25NOS. The van der Waals surface area contributed by atoms with E-state index in [1.54, 1.807) is 0 Å². The third kappa shape index (κ3) is 2.77. The summed E-state index contributed by atoms with van der Waals surface area (Å²) >= 11 is 0. The highest BCUT2D eigenvalue weighted by atomic mass is 32.2. The van der Waals surface area contributed by atoms with Crippen molar-refractivity contribution in [3.05, 3.63) is 29.3 Å². The van der Waals surface area contributed by atoms with Gasteiger partial charge in [0.05, 0.1) is 16.0 Å². The van der Waals surface area contributed by atoms with Crippen molar-refractivity contribution in [3.63, 3.8) is 0 Å². The molecule has 1 aromatic rings. The highest BCUT2D eigenvalue weighted by molar-refractivity contribution is 7.86. The van der Waals surface area contributed by atoms with E-state index in [1.807, 2.05) is 0 Å². The molecule has 19 heavy (non-hydrogen) atoms. The molecule has 1 aliphatic heterocycles. The molecule has 2 rings (SSSR count). The van der Waals surface area contributed by atoms with Gasteiger partial charge in [0.1, 0.15) is 0 Å². The van der Waals surface area contributed by atoms with Crippen LogP contribution in [0, 0.1) is 0 Å². The molecule has 3 unspecified atom stereocenters. The summed E-state index contributed by atoms with van der Waals surface area (Å²) in [5.41, 5.74) is 2.61. The molecule has 0 spiro atoms. The Hall–Kier alpha value is -0.670. The Morgan fingerprint density at radius 1 is 1.32 bits per heavy atom. The van der Waals surface area contributed by atoms with Crippen LogP contribution in [-0.2, 0) is 10.8 Å². The molecule has 0 amide bonds. The number of benzene rings is 1. The van der Waals surface area contributed by atoms with E-state index >= 15 is 0 Å². The van der Waals surface area contributed by atoms with Gasteiger partial charge in [0.25, 0.3) is 0 Å². The maximum atomic E-state index is 12.6. The number of hydrogen-bond donors (Lipinski definition) is 1. The zero-order chi connectivity index (χ0) is 14.0. The fourth-order valence-electron chi connectivity index (χ4n) is 2.77. The molecule has 3 heteroatoms. The van der Waals surface area contributed by atoms with Gasteiger partial charge >= 0.3 is 0 Å². The van der Waals surface area contributed by atoms with E-state index in [9.17, 15) is 4.21 Å². The van der Waals surface area contributed by atoms with Crippen molar-refractivity contribution < 1.29 is 4.21 Å². The first kappa shape index (κ1) is 14.7. The van der Waals surface area contributed by atoms with Crippen LogP contribution in [0.15, 0.2) is 23.1 Å². The van der Waals surface area contributed by atoms with Crippen LogP contribution in [0.2, 0.25) is 0 Å².